The molecule has 1 unspecified atom stereocenters. The SMILES string of the molecule is CCOc1nc(Cl)nc(NCC2CSCCS2)n1. The zero-order chi connectivity index (χ0) is 12.8. The van der Waals surface area contributed by atoms with Crippen LogP contribution in [0.4, 0.5) is 5.95 Å². The number of aromatic nitrogens is 3. The lowest BCUT2D eigenvalue weighted by molar-refractivity contribution is 0.312. The molecular weight excluding hydrogens is 292 g/mol. The lowest BCUT2D eigenvalue weighted by atomic mass is 10.5. The number of hydrogen-bond donors (Lipinski definition) is 1. The van der Waals surface area contributed by atoms with E-state index in [1.807, 2.05) is 30.4 Å². The first-order valence-corrected chi connectivity index (χ1v) is 8.33. The van der Waals surface area contributed by atoms with Crippen LogP contribution in [-0.2, 0) is 0 Å². The summed E-state index contributed by atoms with van der Waals surface area (Å²) in [5, 5.41) is 3.94. The van der Waals surface area contributed by atoms with Gasteiger partial charge in [-0.1, -0.05) is 0 Å². The van der Waals surface area contributed by atoms with Gasteiger partial charge < -0.3 is 10.1 Å². The van der Waals surface area contributed by atoms with E-state index in [4.69, 9.17) is 16.3 Å². The van der Waals surface area contributed by atoms with E-state index in [9.17, 15) is 0 Å². The first-order valence-electron chi connectivity index (χ1n) is 5.75. The summed E-state index contributed by atoms with van der Waals surface area (Å²) in [5.74, 6) is 4.09. The molecule has 1 N–H and O–H groups in total. The molecule has 2 heterocycles. The van der Waals surface area contributed by atoms with E-state index < -0.39 is 0 Å². The van der Waals surface area contributed by atoms with Gasteiger partial charge in [0.15, 0.2) is 0 Å². The minimum absolute atomic E-state index is 0.154. The zero-order valence-electron chi connectivity index (χ0n) is 10.1. The number of nitrogens with one attached hydrogen (secondary N) is 1. The number of halogens is 1. The molecule has 0 radical (unpaired) electrons. The maximum absolute atomic E-state index is 5.82. The smallest absolute Gasteiger partial charge is 0.322 e. The van der Waals surface area contributed by atoms with E-state index in [1.54, 1.807) is 0 Å². The third-order valence-corrected chi connectivity index (χ3v) is 5.25. The summed E-state index contributed by atoms with van der Waals surface area (Å²) in [4.78, 5) is 12.1. The molecule has 5 nitrogen and oxygen atoms in total. The average molecular weight is 307 g/mol. The molecule has 1 atom stereocenters. The predicted molar refractivity (Wildman–Crippen MR) is 78.1 cm³/mol. The largest absolute Gasteiger partial charge is 0.464 e. The van der Waals surface area contributed by atoms with Gasteiger partial charge in [-0.3, -0.25) is 0 Å². The zero-order valence-corrected chi connectivity index (χ0v) is 12.4. The van der Waals surface area contributed by atoms with Crippen molar-refractivity contribution in [1.82, 2.24) is 15.0 Å². The van der Waals surface area contributed by atoms with Crippen LogP contribution in [0.2, 0.25) is 5.28 Å². The quantitative estimate of drug-likeness (QED) is 0.894. The summed E-state index contributed by atoms with van der Waals surface area (Å²) in [7, 11) is 0. The lowest BCUT2D eigenvalue weighted by Gasteiger charge is -2.21. The fourth-order valence-corrected chi connectivity index (χ4v) is 4.23. The number of anilines is 1. The second-order valence-electron chi connectivity index (χ2n) is 3.59. The van der Waals surface area contributed by atoms with E-state index in [-0.39, 0.29) is 11.3 Å². The Morgan fingerprint density at radius 1 is 1.39 bits per heavy atom. The number of thioether (sulfide) groups is 2. The first kappa shape index (κ1) is 14.0. The van der Waals surface area contributed by atoms with Crippen molar-refractivity contribution < 1.29 is 4.74 Å². The fourth-order valence-electron chi connectivity index (χ4n) is 1.46. The minimum atomic E-state index is 0.154. The van der Waals surface area contributed by atoms with Gasteiger partial charge in [0.25, 0.3) is 0 Å². The highest BCUT2D eigenvalue weighted by atomic mass is 35.5. The van der Waals surface area contributed by atoms with Gasteiger partial charge in [-0.05, 0) is 18.5 Å². The van der Waals surface area contributed by atoms with E-state index in [1.165, 1.54) is 11.5 Å². The number of rotatable bonds is 5. The summed E-state index contributed by atoms with van der Waals surface area (Å²) in [5.41, 5.74) is 0. The molecule has 2 rings (SSSR count). The Balaban J connectivity index is 1.91. The van der Waals surface area contributed by atoms with Crippen LogP contribution in [0, 0.1) is 0 Å². The van der Waals surface area contributed by atoms with Gasteiger partial charge >= 0.3 is 6.01 Å². The van der Waals surface area contributed by atoms with Gasteiger partial charge in [-0.15, -0.1) is 0 Å². The van der Waals surface area contributed by atoms with Crippen molar-refractivity contribution in [3.8, 4) is 6.01 Å². The first-order chi connectivity index (χ1) is 8.78. The molecule has 0 bridgehead atoms. The average Bonchev–Trinajstić information content (AvgIpc) is 2.37. The number of nitrogens with zero attached hydrogens (tertiary/aromatic N) is 3. The van der Waals surface area contributed by atoms with Crippen molar-refractivity contribution in [2.75, 3.05) is 35.7 Å². The highest BCUT2D eigenvalue weighted by molar-refractivity contribution is 8.06. The summed E-state index contributed by atoms with van der Waals surface area (Å²) in [6.45, 7) is 3.22. The third kappa shape index (κ3) is 4.37. The van der Waals surface area contributed by atoms with Crippen LogP contribution in [0.15, 0.2) is 0 Å². The second-order valence-corrected chi connectivity index (χ2v) is 6.49. The standard InChI is InChI=1S/C10H15ClN4OS2/c1-2-16-10-14-8(11)13-9(15-10)12-5-7-6-17-3-4-18-7/h7H,2-6H2,1H3,(H,12,13,14,15). The minimum Gasteiger partial charge on any atom is -0.464 e. The summed E-state index contributed by atoms with van der Waals surface area (Å²) < 4.78 is 5.22. The van der Waals surface area contributed by atoms with Gasteiger partial charge in [0.05, 0.1) is 6.61 Å². The second kappa shape index (κ2) is 7.25. The molecule has 1 aromatic rings. The number of hydrogen-bond acceptors (Lipinski definition) is 7. The van der Waals surface area contributed by atoms with Crippen LogP contribution in [0.3, 0.4) is 0 Å². The fraction of sp³-hybridized carbons (Fsp3) is 0.700. The molecule has 1 aliphatic rings. The molecule has 8 heteroatoms. The molecule has 18 heavy (non-hydrogen) atoms. The number of ether oxygens (including phenoxy) is 1. The molecular formula is C10H15ClN4OS2. The molecule has 0 aromatic carbocycles. The highest BCUT2D eigenvalue weighted by Gasteiger charge is 2.15. The Hall–Kier alpha value is -0.400. The summed E-state index contributed by atoms with van der Waals surface area (Å²) >= 11 is 9.79. The van der Waals surface area contributed by atoms with Crippen LogP contribution in [0.5, 0.6) is 6.01 Å². The Morgan fingerprint density at radius 3 is 3.00 bits per heavy atom. The molecule has 0 saturated carbocycles. The maximum Gasteiger partial charge on any atom is 0.322 e. The van der Waals surface area contributed by atoms with Crippen molar-refractivity contribution >= 4 is 41.1 Å². The van der Waals surface area contributed by atoms with Gasteiger partial charge in [0.1, 0.15) is 0 Å². The molecule has 1 fully saturated rings. The molecule has 0 spiro atoms. The Labute approximate surface area is 120 Å². The predicted octanol–water partition coefficient (Wildman–Crippen LogP) is 2.18. The van der Waals surface area contributed by atoms with Crippen LogP contribution in [-0.4, -0.2) is 50.6 Å². The molecule has 0 amide bonds. The molecule has 1 saturated heterocycles. The molecule has 0 aliphatic carbocycles. The summed E-state index contributed by atoms with van der Waals surface area (Å²) in [6.07, 6.45) is 0. The van der Waals surface area contributed by atoms with E-state index in [0.29, 0.717) is 17.8 Å². The lowest BCUT2D eigenvalue weighted by Crippen LogP contribution is -2.24. The van der Waals surface area contributed by atoms with E-state index in [2.05, 4.69) is 20.3 Å². The van der Waals surface area contributed by atoms with Crippen molar-refractivity contribution in [1.29, 1.82) is 0 Å². The van der Waals surface area contributed by atoms with Gasteiger partial charge in [-0.25, -0.2) is 0 Å². The van der Waals surface area contributed by atoms with Crippen LogP contribution >= 0.6 is 35.1 Å². The van der Waals surface area contributed by atoms with Gasteiger partial charge in [-0.2, -0.15) is 38.5 Å². The van der Waals surface area contributed by atoms with Gasteiger partial charge in [0.2, 0.25) is 11.2 Å². The Bertz CT molecular complexity index is 390. The van der Waals surface area contributed by atoms with Crippen LogP contribution < -0.4 is 10.1 Å². The van der Waals surface area contributed by atoms with Crippen molar-refractivity contribution in [2.45, 2.75) is 12.2 Å². The van der Waals surface area contributed by atoms with Crippen LogP contribution in [0.25, 0.3) is 0 Å². The normalized spacial score (nSPS) is 19.6. The van der Waals surface area contributed by atoms with Crippen LogP contribution in [0.1, 0.15) is 6.92 Å². The molecule has 100 valence electrons. The summed E-state index contributed by atoms with van der Waals surface area (Å²) in [6, 6.07) is 0.269. The van der Waals surface area contributed by atoms with E-state index >= 15 is 0 Å². The monoisotopic (exact) mass is 306 g/mol. The molecule has 1 aromatic heterocycles. The highest BCUT2D eigenvalue weighted by Crippen LogP contribution is 2.24. The van der Waals surface area contributed by atoms with Crippen molar-refractivity contribution in [3.05, 3.63) is 5.28 Å². The Kier molecular flexibility index (Phi) is 5.65. The van der Waals surface area contributed by atoms with Crippen molar-refractivity contribution in [2.24, 2.45) is 0 Å². The van der Waals surface area contributed by atoms with E-state index in [0.717, 1.165) is 12.3 Å². The maximum atomic E-state index is 5.82. The van der Waals surface area contributed by atoms with Crippen molar-refractivity contribution in [3.63, 3.8) is 0 Å². The Morgan fingerprint density at radius 2 is 2.28 bits per heavy atom. The molecule has 1 aliphatic heterocycles. The third-order valence-electron chi connectivity index (χ3n) is 2.23. The van der Waals surface area contributed by atoms with Gasteiger partial charge in [0, 0.05) is 29.1 Å². The topological polar surface area (TPSA) is 59.9 Å².